The molecule has 0 aliphatic rings. The highest BCUT2D eigenvalue weighted by Crippen LogP contribution is 2.16. The molecule has 1 heterocycles. The first-order chi connectivity index (χ1) is 12.5. The Bertz CT molecular complexity index is 1040. The van der Waals surface area contributed by atoms with Crippen molar-refractivity contribution >= 4 is 23.8 Å². The van der Waals surface area contributed by atoms with Crippen LogP contribution in [0.2, 0.25) is 5.02 Å². The number of benzene rings is 2. The molecule has 0 atom stereocenters. The lowest BCUT2D eigenvalue weighted by Crippen LogP contribution is -2.20. The zero-order valence-corrected chi connectivity index (χ0v) is 15.0. The number of nitrogens with zero attached hydrogens (tertiary/aromatic N) is 3. The highest BCUT2D eigenvalue weighted by Gasteiger charge is 2.15. The molecule has 3 aromatic rings. The topological polar surface area (TPSA) is 65.6 Å². The molecule has 26 heavy (non-hydrogen) atoms. The molecule has 7 heteroatoms. The predicted molar refractivity (Wildman–Crippen MR) is 100 cm³/mol. The lowest BCUT2D eigenvalue weighted by molar-refractivity contribution is 0.0519. The summed E-state index contributed by atoms with van der Waals surface area (Å²) < 4.78 is 3.24. The lowest BCUT2D eigenvalue weighted by atomic mass is 10.2. The highest BCUT2D eigenvalue weighted by molar-refractivity contribution is 6.33. The monoisotopic (exact) mass is 369 g/mol. The van der Waals surface area contributed by atoms with Crippen molar-refractivity contribution in [3.8, 4) is 5.69 Å². The molecule has 0 bridgehead atoms. The number of halogens is 1. The van der Waals surface area contributed by atoms with Gasteiger partial charge in [-0.25, -0.2) is 9.48 Å². The Morgan fingerprint density at radius 2 is 1.77 bits per heavy atom. The third-order valence-electron chi connectivity index (χ3n) is 4.01. The minimum absolute atomic E-state index is 0.206. The van der Waals surface area contributed by atoms with Crippen LogP contribution < -0.4 is 5.56 Å². The first-order valence-corrected chi connectivity index (χ1v) is 8.21. The Morgan fingerprint density at radius 1 is 1.12 bits per heavy atom. The van der Waals surface area contributed by atoms with Crippen molar-refractivity contribution in [1.82, 2.24) is 9.36 Å². The molecule has 0 fully saturated rings. The Hall–Kier alpha value is -3.12. The minimum atomic E-state index is -0.691. The standard InChI is InChI=1S/C19H16ClN3O3/c1-13-16(12-21-26-19(25)15-10-6-7-11-17(15)20)18(24)23(22(13)2)14-8-4-3-5-9-14/h3-12H,1-2H3/b21-12+. The third kappa shape index (κ3) is 3.32. The van der Waals surface area contributed by atoms with E-state index < -0.39 is 5.97 Å². The van der Waals surface area contributed by atoms with Gasteiger partial charge >= 0.3 is 5.97 Å². The van der Waals surface area contributed by atoms with Crippen LogP contribution in [0.3, 0.4) is 0 Å². The van der Waals surface area contributed by atoms with E-state index in [-0.39, 0.29) is 16.1 Å². The van der Waals surface area contributed by atoms with Crippen LogP contribution in [-0.4, -0.2) is 21.5 Å². The van der Waals surface area contributed by atoms with Gasteiger partial charge in [0.25, 0.3) is 5.56 Å². The quantitative estimate of drug-likeness (QED) is 0.402. The lowest BCUT2D eigenvalue weighted by Gasteiger charge is -2.07. The summed E-state index contributed by atoms with van der Waals surface area (Å²) >= 11 is 5.95. The van der Waals surface area contributed by atoms with Crippen molar-refractivity contribution in [2.45, 2.75) is 6.92 Å². The molecular weight excluding hydrogens is 354 g/mol. The van der Waals surface area contributed by atoms with Crippen LogP contribution in [0.15, 0.2) is 64.5 Å². The molecule has 0 radical (unpaired) electrons. The number of carbonyl (C=O) groups excluding carboxylic acids is 1. The molecule has 0 amide bonds. The van der Waals surface area contributed by atoms with Crippen LogP contribution in [0.25, 0.3) is 5.69 Å². The molecule has 0 spiro atoms. The summed E-state index contributed by atoms with van der Waals surface area (Å²) in [5.74, 6) is -0.691. The number of rotatable bonds is 4. The van der Waals surface area contributed by atoms with Gasteiger partial charge < -0.3 is 4.84 Å². The molecule has 3 rings (SSSR count). The second-order valence-corrected chi connectivity index (χ2v) is 5.98. The average Bonchev–Trinajstić information content (AvgIpc) is 2.86. The normalized spacial score (nSPS) is 11.0. The molecule has 0 aliphatic carbocycles. The van der Waals surface area contributed by atoms with Gasteiger partial charge in [0.05, 0.1) is 28.1 Å². The third-order valence-corrected chi connectivity index (χ3v) is 4.34. The number of carbonyl (C=O) groups is 1. The van der Waals surface area contributed by atoms with Crippen molar-refractivity contribution in [2.75, 3.05) is 0 Å². The Balaban J connectivity index is 1.87. The van der Waals surface area contributed by atoms with E-state index in [2.05, 4.69) is 5.16 Å². The molecule has 0 saturated heterocycles. The fourth-order valence-electron chi connectivity index (χ4n) is 2.54. The largest absolute Gasteiger partial charge is 0.367 e. The molecule has 132 valence electrons. The summed E-state index contributed by atoms with van der Waals surface area (Å²) in [4.78, 5) is 29.6. The Labute approximate surface area is 154 Å². The van der Waals surface area contributed by atoms with Gasteiger partial charge in [0.15, 0.2) is 0 Å². The number of hydrogen-bond donors (Lipinski definition) is 0. The van der Waals surface area contributed by atoms with E-state index in [9.17, 15) is 9.59 Å². The average molecular weight is 370 g/mol. The van der Waals surface area contributed by atoms with Crippen molar-refractivity contribution in [1.29, 1.82) is 0 Å². The summed E-state index contributed by atoms with van der Waals surface area (Å²) in [7, 11) is 1.77. The number of hydrogen-bond acceptors (Lipinski definition) is 4. The highest BCUT2D eigenvalue weighted by atomic mass is 35.5. The first-order valence-electron chi connectivity index (χ1n) is 7.84. The van der Waals surface area contributed by atoms with Crippen LogP contribution in [0.5, 0.6) is 0 Å². The smallest absolute Gasteiger partial charge is 0.313 e. The fraction of sp³-hybridized carbons (Fsp3) is 0.105. The second kappa shape index (κ2) is 7.41. The van der Waals surface area contributed by atoms with Gasteiger partial charge in [0, 0.05) is 12.7 Å². The number of oxime groups is 1. The van der Waals surface area contributed by atoms with Gasteiger partial charge in [0.2, 0.25) is 0 Å². The van der Waals surface area contributed by atoms with Crippen LogP contribution >= 0.6 is 11.6 Å². The maximum Gasteiger partial charge on any atom is 0.367 e. The molecule has 0 saturated carbocycles. The minimum Gasteiger partial charge on any atom is -0.313 e. The predicted octanol–water partition coefficient (Wildman–Crippen LogP) is 3.33. The number of aromatic nitrogens is 2. The zero-order chi connectivity index (χ0) is 18.7. The van der Waals surface area contributed by atoms with E-state index in [1.54, 1.807) is 36.9 Å². The van der Waals surface area contributed by atoms with Gasteiger partial charge in [0.1, 0.15) is 0 Å². The van der Waals surface area contributed by atoms with Gasteiger partial charge in [-0.1, -0.05) is 47.1 Å². The van der Waals surface area contributed by atoms with Crippen molar-refractivity contribution in [3.05, 3.63) is 86.8 Å². The van der Waals surface area contributed by atoms with E-state index in [1.807, 2.05) is 30.3 Å². The number of para-hydroxylation sites is 1. The summed E-state index contributed by atoms with van der Waals surface area (Å²) in [6.45, 7) is 1.79. The van der Waals surface area contributed by atoms with Crippen molar-refractivity contribution < 1.29 is 9.63 Å². The van der Waals surface area contributed by atoms with E-state index in [4.69, 9.17) is 16.4 Å². The molecule has 1 aromatic heterocycles. The van der Waals surface area contributed by atoms with E-state index >= 15 is 0 Å². The van der Waals surface area contributed by atoms with Crippen LogP contribution in [-0.2, 0) is 11.9 Å². The van der Waals surface area contributed by atoms with E-state index in [0.29, 0.717) is 11.3 Å². The van der Waals surface area contributed by atoms with Gasteiger partial charge in [-0.15, -0.1) is 0 Å². The van der Waals surface area contributed by atoms with Crippen molar-refractivity contribution in [2.24, 2.45) is 12.2 Å². The second-order valence-electron chi connectivity index (χ2n) is 5.57. The summed E-state index contributed by atoms with van der Waals surface area (Å²) in [6, 6.07) is 15.7. The summed E-state index contributed by atoms with van der Waals surface area (Å²) in [5, 5.41) is 3.94. The maximum atomic E-state index is 12.7. The molecule has 2 aromatic carbocycles. The summed E-state index contributed by atoms with van der Waals surface area (Å²) in [6.07, 6.45) is 1.24. The molecule has 0 N–H and O–H groups in total. The van der Waals surface area contributed by atoms with Crippen LogP contribution in [0, 0.1) is 6.92 Å². The molecule has 0 aliphatic heterocycles. The van der Waals surface area contributed by atoms with Crippen molar-refractivity contribution in [3.63, 3.8) is 0 Å². The fourth-order valence-corrected chi connectivity index (χ4v) is 2.75. The maximum absolute atomic E-state index is 12.7. The molecule has 0 unspecified atom stereocenters. The Morgan fingerprint density at radius 3 is 2.46 bits per heavy atom. The zero-order valence-electron chi connectivity index (χ0n) is 14.2. The van der Waals surface area contributed by atoms with Crippen LogP contribution in [0.1, 0.15) is 21.6 Å². The van der Waals surface area contributed by atoms with E-state index in [0.717, 1.165) is 5.69 Å². The SMILES string of the molecule is Cc1c(/C=N/OC(=O)c2ccccc2Cl)c(=O)n(-c2ccccc2)n1C. The van der Waals surface area contributed by atoms with Gasteiger partial charge in [-0.2, -0.15) is 0 Å². The summed E-state index contributed by atoms with van der Waals surface area (Å²) in [5.41, 5.74) is 1.71. The molecule has 6 nitrogen and oxygen atoms in total. The Kier molecular flexibility index (Phi) is 5.04. The van der Waals surface area contributed by atoms with Crippen LogP contribution in [0.4, 0.5) is 0 Å². The van der Waals surface area contributed by atoms with E-state index in [1.165, 1.54) is 17.0 Å². The van der Waals surface area contributed by atoms with Gasteiger partial charge in [-0.05, 0) is 31.2 Å². The molecular formula is C19H16ClN3O3. The first kappa shape index (κ1) is 17.7. The van der Waals surface area contributed by atoms with Gasteiger partial charge in [-0.3, -0.25) is 9.48 Å².